The van der Waals surface area contributed by atoms with Gasteiger partial charge >= 0.3 is 5.97 Å². The summed E-state index contributed by atoms with van der Waals surface area (Å²) in [7, 11) is 0. The molecule has 0 bridgehead atoms. The van der Waals surface area contributed by atoms with Crippen molar-refractivity contribution in [1.82, 2.24) is 9.78 Å². The van der Waals surface area contributed by atoms with Gasteiger partial charge in [-0.3, -0.25) is 4.68 Å². The highest BCUT2D eigenvalue weighted by Crippen LogP contribution is 2.14. The Balaban J connectivity index is 2.30. The number of hydrogen-bond donors (Lipinski definition) is 1. The zero-order valence-electron chi connectivity index (χ0n) is 10.8. The van der Waals surface area contributed by atoms with Crippen LogP contribution in [0.25, 0.3) is 0 Å². The van der Waals surface area contributed by atoms with Crippen LogP contribution in [0.1, 0.15) is 32.9 Å². The minimum Gasteiger partial charge on any atom is -0.478 e. The van der Waals surface area contributed by atoms with Crippen LogP contribution in [0.15, 0.2) is 24.3 Å². The minimum atomic E-state index is -0.893. The van der Waals surface area contributed by atoms with E-state index in [2.05, 4.69) is 5.10 Å². The molecule has 0 saturated carbocycles. The average Bonchev–Trinajstić information content (AvgIpc) is 2.60. The standard InChI is InChI=1S/C14H16N2O2/c1-9-6-12(14(17)18)4-5-13(9)8-16-11(3)7-10(2)15-16/h4-7H,8H2,1-3H3,(H,17,18). The first kappa shape index (κ1) is 12.4. The number of benzene rings is 1. The number of aromatic carboxylic acids is 1. The van der Waals surface area contributed by atoms with E-state index in [1.165, 1.54) is 0 Å². The molecule has 4 nitrogen and oxygen atoms in total. The lowest BCUT2D eigenvalue weighted by atomic mass is 10.1. The lowest BCUT2D eigenvalue weighted by Gasteiger charge is -2.08. The van der Waals surface area contributed by atoms with Gasteiger partial charge in [0.1, 0.15) is 0 Å². The Morgan fingerprint density at radius 3 is 2.50 bits per heavy atom. The van der Waals surface area contributed by atoms with Crippen LogP contribution in [-0.4, -0.2) is 20.9 Å². The number of aromatic nitrogens is 2. The number of hydrogen-bond acceptors (Lipinski definition) is 2. The summed E-state index contributed by atoms with van der Waals surface area (Å²) in [5.41, 5.74) is 4.49. The van der Waals surface area contributed by atoms with Crippen LogP contribution in [-0.2, 0) is 6.54 Å². The molecule has 0 aliphatic heterocycles. The van der Waals surface area contributed by atoms with Crippen LogP contribution in [0, 0.1) is 20.8 Å². The van der Waals surface area contributed by atoms with Crippen LogP contribution in [0.4, 0.5) is 0 Å². The molecule has 1 aromatic carbocycles. The van der Waals surface area contributed by atoms with Gasteiger partial charge in [0.25, 0.3) is 0 Å². The van der Waals surface area contributed by atoms with Gasteiger partial charge in [0.2, 0.25) is 0 Å². The maximum Gasteiger partial charge on any atom is 0.335 e. The average molecular weight is 244 g/mol. The SMILES string of the molecule is Cc1cc(C)n(Cc2ccc(C(=O)O)cc2C)n1. The molecule has 0 aliphatic carbocycles. The van der Waals surface area contributed by atoms with E-state index in [0.717, 1.165) is 22.5 Å². The first-order valence-electron chi connectivity index (χ1n) is 5.81. The highest BCUT2D eigenvalue weighted by Gasteiger charge is 2.08. The van der Waals surface area contributed by atoms with Crippen LogP contribution in [0.2, 0.25) is 0 Å². The molecule has 1 heterocycles. The van der Waals surface area contributed by atoms with Crippen LogP contribution in [0.3, 0.4) is 0 Å². The number of carboxylic acids is 1. The molecule has 0 saturated heterocycles. The molecule has 4 heteroatoms. The van der Waals surface area contributed by atoms with Gasteiger partial charge in [-0.25, -0.2) is 4.79 Å². The predicted molar refractivity (Wildman–Crippen MR) is 68.9 cm³/mol. The van der Waals surface area contributed by atoms with E-state index in [9.17, 15) is 4.79 Å². The third-order valence-electron chi connectivity index (χ3n) is 3.01. The summed E-state index contributed by atoms with van der Waals surface area (Å²) in [4.78, 5) is 10.9. The first-order valence-corrected chi connectivity index (χ1v) is 5.81. The van der Waals surface area contributed by atoms with Crippen molar-refractivity contribution in [3.63, 3.8) is 0 Å². The van der Waals surface area contributed by atoms with Gasteiger partial charge in [-0.2, -0.15) is 5.10 Å². The highest BCUT2D eigenvalue weighted by molar-refractivity contribution is 5.87. The molecule has 0 unspecified atom stereocenters. The summed E-state index contributed by atoms with van der Waals surface area (Å²) in [5.74, 6) is -0.893. The van der Waals surface area contributed by atoms with Crippen molar-refractivity contribution < 1.29 is 9.90 Å². The van der Waals surface area contributed by atoms with E-state index in [-0.39, 0.29) is 0 Å². The highest BCUT2D eigenvalue weighted by atomic mass is 16.4. The number of rotatable bonds is 3. The van der Waals surface area contributed by atoms with Gasteiger partial charge in [-0.1, -0.05) is 6.07 Å². The maximum absolute atomic E-state index is 10.9. The fourth-order valence-corrected chi connectivity index (χ4v) is 2.00. The summed E-state index contributed by atoms with van der Waals surface area (Å²) in [5, 5.41) is 13.3. The third kappa shape index (κ3) is 2.42. The summed E-state index contributed by atoms with van der Waals surface area (Å²) < 4.78 is 1.93. The topological polar surface area (TPSA) is 55.1 Å². The van der Waals surface area contributed by atoms with Gasteiger partial charge in [0, 0.05) is 5.69 Å². The van der Waals surface area contributed by atoms with E-state index in [4.69, 9.17) is 5.11 Å². The summed E-state index contributed by atoms with van der Waals surface area (Å²) >= 11 is 0. The van der Waals surface area contributed by atoms with Crippen molar-refractivity contribution in [1.29, 1.82) is 0 Å². The lowest BCUT2D eigenvalue weighted by molar-refractivity contribution is 0.0697. The number of carboxylic acid groups (broad SMARTS) is 1. The van der Waals surface area contributed by atoms with Gasteiger partial charge < -0.3 is 5.11 Å². The van der Waals surface area contributed by atoms with Gasteiger partial charge in [0.15, 0.2) is 0 Å². The minimum absolute atomic E-state index is 0.324. The normalized spacial score (nSPS) is 10.6. The Morgan fingerprint density at radius 2 is 2.00 bits per heavy atom. The fourth-order valence-electron chi connectivity index (χ4n) is 2.00. The van der Waals surface area contributed by atoms with Crippen molar-refractivity contribution >= 4 is 5.97 Å². The molecule has 0 amide bonds. The second-order valence-electron chi connectivity index (χ2n) is 4.53. The molecule has 0 fully saturated rings. The summed E-state index contributed by atoms with van der Waals surface area (Å²) in [6.45, 7) is 6.57. The molecule has 1 N–H and O–H groups in total. The van der Waals surface area contributed by atoms with Crippen molar-refractivity contribution in [2.24, 2.45) is 0 Å². The maximum atomic E-state index is 10.9. The van der Waals surface area contributed by atoms with E-state index in [1.54, 1.807) is 12.1 Å². The van der Waals surface area contributed by atoms with Crippen LogP contribution < -0.4 is 0 Å². The molecule has 0 spiro atoms. The molecule has 0 radical (unpaired) electrons. The zero-order chi connectivity index (χ0) is 13.3. The smallest absolute Gasteiger partial charge is 0.335 e. The quantitative estimate of drug-likeness (QED) is 0.902. The number of carbonyl (C=O) groups is 1. The van der Waals surface area contributed by atoms with E-state index in [0.29, 0.717) is 12.1 Å². The molecule has 94 valence electrons. The van der Waals surface area contributed by atoms with E-state index < -0.39 is 5.97 Å². The van der Waals surface area contributed by atoms with E-state index >= 15 is 0 Å². The van der Waals surface area contributed by atoms with Gasteiger partial charge in [-0.15, -0.1) is 0 Å². The summed E-state index contributed by atoms with van der Waals surface area (Å²) in [6, 6.07) is 7.22. The largest absolute Gasteiger partial charge is 0.478 e. The molecule has 2 rings (SSSR count). The number of aryl methyl sites for hydroxylation is 3. The zero-order valence-corrected chi connectivity index (χ0v) is 10.8. The van der Waals surface area contributed by atoms with Crippen molar-refractivity contribution in [2.45, 2.75) is 27.3 Å². The monoisotopic (exact) mass is 244 g/mol. The molecule has 2 aromatic rings. The van der Waals surface area contributed by atoms with Crippen molar-refractivity contribution in [2.75, 3.05) is 0 Å². The molecule has 0 atom stereocenters. The van der Waals surface area contributed by atoms with Crippen LogP contribution >= 0.6 is 0 Å². The Labute approximate surface area is 106 Å². The molecule has 0 aliphatic rings. The Morgan fingerprint density at radius 1 is 1.28 bits per heavy atom. The fraction of sp³-hybridized carbons (Fsp3) is 0.286. The Kier molecular flexibility index (Phi) is 3.19. The van der Waals surface area contributed by atoms with E-state index in [1.807, 2.05) is 37.6 Å². The van der Waals surface area contributed by atoms with Gasteiger partial charge in [-0.05, 0) is 50.1 Å². The first-order chi connectivity index (χ1) is 8.47. The molecule has 1 aromatic heterocycles. The van der Waals surface area contributed by atoms with Crippen molar-refractivity contribution in [3.05, 3.63) is 52.3 Å². The second-order valence-corrected chi connectivity index (χ2v) is 4.53. The van der Waals surface area contributed by atoms with Crippen molar-refractivity contribution in [3.8, 4) is 0 Å². The number of nitrogens with zero attached hydrogens (tertiary/aromatic N) is 2. The molecular weight excluding hydrogens is 228 g/mol. The second kappa shape index (κ2) is 4.64. The summed E-state index contributed by atoms with van der Waals surface area (Å²) in [6.07, 6.45) is 0. The predicted octanol–water partition coefficient (Wildman–Crippen LogP) is 2.55. The third-order valence-corrected chi connectivity index (χ3v) is 3.01. The Hall–Kier alpha value is -2.10. The Bertz CT molecular complexity index is 600. The van der Waals surface area contributed by atoms with Crippen LogP contribution in [0.5, 0.6) is 0 Å². The lowest BCUT2D eigenvalue weighted by Crippen LogP contribution is -2.06. The van der Waals surface area contributed by atoms with Gasteiger partial charge in [0.05, 0.1) is 17.8 Å². The molecule has 18 heavy (non-hydrogen) atoms. The molecular formula is C14H16N2O2.